The molecule has 1 heterocycles. The molecule has 1 aliphatic rings. The van der Waals surface area contributed by atoms with Crippen LogP contribution in [0.4, 0.5) is 0 Å². The van der Waals surface area contributed by atoms with E-state index in [1.807, 2.05) is 0 Å². The second-order valence-electron chi connectivity index (χ2n) is 6.84. The molecule has 2 heteroatoms. The Labute approximate surface area is 118 Å². The van der Waals surface area contributed by atoms with Crippen molar-refractivity contribution >= 4 is 0 Å². The van der Waals surface area contributed by atoms with E-state index in [2.05, 4.69) is 63.6 Å². The predicted molar refractivity (Wildman–Crippen MR) is 82.7 cm³/mol. The van der Waals surface area contributed by atoms with Gasteiger partial charge >= 0.3 is 0 Å². The quantitative estimate of drug-likeness (QED) is 0.872. The molecule has 0 bridgehead atoms. The van der Waals surface area contributed by atoms with Crippen molar-refractivity contribution in [2.75, 3.05) is 20.1 Å². The molecule has 1 aromatic carbocycles. The molecule has 0 aliphatic carbocycles. The van der Waals surface area contributed by atoms with E-state index in [9.17, 15) is 0 Å². The second-order valence-corrected chi connectivity index (χ2v) is 6.84. The third-order valence-electron chi connectivity index (χ3n) is 4.35. The number of rotatable bonds is 3. The van der Waals surface area contributed by atoms with E-state index in [-0.39, 0.29) is 5.41 Å². The highest BCUT2D eigenvalue weighted by molar-refractivity contribution is 5.36. The number of hydrogen-bond acceptors (Lipinski definition) is 2. The van der Waals surface area contributed by atoms with Gasteiger partial charge in [-0.15, -0.1) is 0 Å². The zero-order chi connectivity index (χ0) is 14.0. The monoisotopic (exact) mass is 260 g/mol. The maximum atomic E-state index is 3.52. The van der Waals surface area contributed by atoms with Crippen LogP contribution >= 0.6 is 0 Å². The second kappa shape index (κ2) is 5.64. The fourth-order valence-electron chi connectivity index (χ4n) is 3.10. The minimum absolute atomic E-state index is 0.230. The van der Waals surface area contributed by atoms with Crippen LogP contribution in [0.3, 0.4) is 0 Å². The van der Waals surface area contributed by atoms with Crippen LogP contribution in [0, 0.1) is 12.8 Å². The maximum Gasteiger partial charge on any atom is 0.0361 e. The van der Waals surface area contributed by atoms with Gasteiger partial charge in [-0.05, 0) is 61.5 Å². The standard InChI is InChI=1S/C17H28N2/c1-12-10-14(17(2,3)4)6-7-15(12)16(18-5)13-8-9-19-11-13/h6-7,10,13,16,18-19H,8-9,11H2,1-5H3. The predicted octanol–water partition coefficient (Wildman–Crippen LogP) is 3.16. The van der Waals surface area contributed by atoms with Gasteiger partial charge in [-0.25, -0.2) is 0 Å². The van der Waals surface area contributed by atoms with Gasteiger partial charge in [-0.2, -0.15) is 0 Å². The fourth-order valence-corrected chi connectivity index (χ4v) is 3.10. The van der Waals surface area contributed by atoms with Crippen LogP contribution < -0.4 is 10.6 Å². The van der Waals surface area contributed by atoms with Gasteiger partial charge in [0, 0.05) is 6.04 Å². The van der Waals surface area contributed by atoms with Gasteiger partial charge in [0.05, 0.1) is 0 Å². The summed E-state index contributed by atoms with van der Waals surface area (Å²) >= 11 is 0. The summed E-state index contributed by atoms with van der Waals surface area (Å²) in [5, 5.41) is 6.99. The lowest BCUT2D eigenvalue weighted by atomic mass is 9.83. The van der Waals surface area contributed by atoms with Crippen molar-refractivity contribution in [3.8, 4) is 0 Å². The molecule has 0 radical (unpaired) electrons. The normalized spacial score (nSPS) is 21.6. The molecule has 0 amide bonds. The lowest BCUT2D eigenvalue weighted by Crippen LogP contribution is -2.27. The number of benzene rings is 1. The van der Waals surface area contributed by atoms with Gasteiger partial charge < -0.3 is 10.6 Å². The maximum absolute atomic E-state index is 3.52. The van der Waals surface area contributed by atoms with E-state index in [1.165, 1.54) is 23.1 Å². The molecule has 106 valence electrons. The summed E-state index contributed by atoms with van der Waals surface area (Å²) in [6, 6.07) is 7.47. The first-order valence-corrected chi connectivity index (χ1v) is 7.42. The van der Waals surface area contributed by atoms with Crippen LogP contribution in [-0.4, -0.2) is 20.1 Å². The van der Waals surface area contributed by atoms with Gasteiger partial charge in [-0.1, -0.05) is 39.0 Å². The highest BCUT2D eigenvalue weighted by atomic mass is 15.0. The van der Waals surface area contributed by atoms with Gasteiger partial charge in [0.2, 0.25) is 0 Å². The third-order valence-corrected chi connectivity index (χ3v) is 4.35. The molecule has 0 spiro atoms. The molecule has 2 atom stereocenters. The average Bonchev–Trinajstić information content (AvgIpc) is 2.84. The molecular formula is C17H28N2. The van der Waals surface area contributed by atoms with Crippen molar-refractivity contribution in [3.63, 3.8) is 0 Å². The van der Waals surface area contributed by atoms with Crippen LogP contribution in [0.25, 0.3) is 0 Å². The Morgan fingerprint density at radius 2 is 2.05 bits per heavy atom. The molecular weight excluding hydrogens is 232 g/mol. The Balaban J connectivity index is 2.28. The fraction of sp³-hybridized carbons (Fsp3) is 0.647. The SMILES string of the molecule is CNC(c1ccc(C(C)(C)C)cc1C)C1CCNC1. The molecule has 1 aliphatic heterocycles. The molecule has 2 nitrogen and oxygen atoms in total. The zero-order valence-corrected chi connectivity index (χ0v) is 13.0. The van der Waals surface area contributed by atoms with Gasteiger partial charge in [0.25, 0.3) is 0 Å². The summed E-state index contributed by atoms with van der Waals surface area (Å²) in [6.45, 7) is 11.4. The molecule has 1 aromatic rings. The lowest BCUT2D eigenvalue weighted by molar-refractivity contribution is 0.408. The van der Waals surface area contributed by atoms with Crippen LogP contribution in [0.5, 0.6) is 0 Å². The van der Waals surface area contributed by atoms with E-state index < -0.39 is 0 Å². The topological polar surface area (TPSA) is 24.1 Å². The molecule has 1 fully saturated rings. The summed E-state index contributed by atoms with van der Waals surface area (Å²) in [7, 11) is 2.08. The van der Waals surface area contributed by atoms with Crippen molar-refractivity contribution in [1.82, 2.24) is 10.6 Å². The summed E-state index contributed by atoms with van der Waals surface area (Å²) in [4.78, 5) is 0. The van der Waals surface area contributed by atoms with Crippen LogP contribution in [0.2, 0.25) is 0 Å². The Morgan fingerprint density at radius 1 is 1.32 bits per heavy atom. The number of aryl methyl sites for hydroxylation is 1. The minimum Gasteiger partial charge on any atom is -0.316 e. The summed E-state index contributed by atoms with van der Waals surface area (Å²) in [5.74, 6) is 0.712. The molecule has 0 aromatic heterocycles. The van der Waals surface area contributed by atoms with Crippen molar-refractivity contribution in [2.24, 2.45) is 5.92 Å². The van der Waals surface area contributed by atoms with Gasteiger partial charge in [0.15, 0.2) is 0 Å². The first kappa shape index (κ1) is 14.5. The summed E-state index contributed by atoms with van der Waals surface area (Å²) < 4.78 is 0. The Hall–Kier alpha value is -0.860. The number of nitrogens with one attached hydrogen (secondary N) is 2. The van der Waals surface area contributed by atoms with Crippen molar-refractivity contribution in [3.05, 3.63) is 34.9 Å². The van der Waals surface area contributed by atoms with Crippen LogP contribution in [0.15, 0.2) is 18.2 Å². The van der Waals surface area contributed by atoms with Crippen molar-refractivity contribution in [2.45, 2.75) is 45.6 Å². The Morgan fingerprint density at radius 3 is 2.53 bits per heavy atom. The molecule has 19 heavy (non-hydrogen) atoms. The average molecular weight is 260 g/mol. The Kier molecular flexibility index (Phi) is 4.32. The molecule has 2 rings (SSSR count). The molecule has 2 unspecified atom stereocenters. The highest BCUT2D eigenvalue weighted by Gasteiger charge is 2.26. The van der Waals surface area contributed by atoms with E-state index in [0.29, 0.717) is 12.0 Å². The summed E-state index contributed by atoms with van der Waals surface area (Å²) in [6.07, 6.45) is 1.27. The number of hydrogen-bond donors (Lipinski definition) is 2. The van der Waals surface area contributed by atoms with E-state index in [4.69, 9.17) is 0 Å². The van der Waals surface area contributed by atoms with Crippen LogP contribution in [0.1, 0.15) is 49.9 Å². The van der Waals surface area contributed by atoms with Crippen LogP contribution in [-0.2, 0) is 5.41 Å². The lowest BCUT2D eigenvalue weighted by Gasteiger charge is -2.27. The molecule has 1 saturated heterocycles. The molecule has 0 saturated carbocycles. The highest BCUT2D eigenvalue weighted by Crippen LogP contribution is 2.31. The summed E-state index contributed by atoms with van der Waals surface area (Å²) in [5.41, 5.74) is 4.53. The third kappa shape index (κ3) is 3.18. The first-order valence-electron chi connectivity index (χ1n) is 7.42. The smallest absolute Gasteiger partial charge is 0.0361 e. The minimum atomic E-state index is 0.230. The van der Waals surface area contributed by atoms with E-state index >= 15 is 0 Å². The van der Waals surface area contributed by atoms with E-state index in [0.717, 1.165) is 13.1 Å². The Bertz CT molecular complexity index is 425. The van der Waals surface area contributed by atoms with Crippen molar-refractivity contribution in [1.29, 1.82) is 0 Å². The zero-order valence-electron chi connectivity index (χ0n) is 13.0. The van der Waals surface area contributed by atoms with E-state index in [1.54, 1.807) is 0 Å². The first-order chi connectivity index (χ1) is 8.93. The van der Waals surface area contributed by atoms with Crippen molar-refractivity contribution < 1.29 is 0 Å². The largest absolute Gasteiger partial charge is 0.316 e. The van der Waals surface area contributed by atoms with Gasteiger partial charge in [0.1, 0.15) is 0 Å². The van der Waals surface area contributed by atoms with Gasteiger partial charge in [-0.3, -0.25) is 0 Å². The molecule has 2 N–H and O–H groups in total.